The predicted molar refractivity (Wildman–Crippen MR) is 198 cm³/mol. The summed E-state index contributed by atoms with van der Waals surface area (Å²) < 4.78 is 19.6. The maximum atomic E-state index is 7.38. The summed E-state index contributed by atoms with van der Waals surface area (Å²) in [6.45, 7) is 10.4. The molecule has 6 nitrogen and oxygen atoms in total. The Balaban J connectivity index is 1.47. The summed E-state index contributed by atoms with van der Waals surface area (Å²) in [5.74, 6) is 0. The molecular formula is C36H78N4O2Si3+4. The van der Waals surface area contributed by atoms with Gasteiger partial charge < -0.3 is 26.2 Å². The Bertz CT molecular complexity index is 798. The van der Waals surface area contributed by atoms with Gasteiger partial charge in [0.2, 0.25) is 0 Å². The molecule has 45 heavy (non-hydrogen) atoms. The van der Waals surface area contributed by atoms with Crippen molar-refractivity contribution >= 4 is 26.6 Å². The lowest BCUT2D eigenvalue weighted by atomic mass is 10.1. The van der Waals surface area contributed by atoms with Crippen LogP contribution in [0.4, 0.5) is 0 Å². The van der Waals surface area contributed by atoms with E-state index in [1.807, 2.05) is 0 Å². The Kier molecular flexibility index (Phi) is 13.2. The molecule has 4 saturated heterocycles. The zero-order valence-corrected chi connectivity index (χ0v) is 35.0. The largest absolute Gasteiger partial charge is 0.434 e. The SMILES string of the molecule is CC[Si](CCC1CCC[N+]1(C)C)(CCC1CCC[N+]1(C)C)O[Si]O[Si](CC)(CCC1CCC[N+]1(C)C)CCC1CCC[N+]1(C)C. The Morgan fingerprint density at radius 2 is 0.711 bits per heavy atom. The molecular weight excluding hydrogens is 605 g/mol. The highest BCUT2D eigenvalue weighted by Gasteiger charge is 2.45. The third-order valence-electron chi connectivity index (χ3n) is 14.6. The summed E-state index contributed by atoms with van der Waals surface area (Å²) >= 11 is 0. The number of quaternary nitrogens is 4. The molecule has 4 fully saturated rings. The van der Waals surface area contributed by atoms with Gasteiger partial charge in [-0.2, -0.15) is 0 Å². The third kappa shape index (κ3) is 9.77. The molecule has 2 radical (unpaired) electrons. The molecule has 0 aliphatic carbocycles. The van der Waals surface area contributed by atoms with Crippen LogP contribution in [0, 0.1) is 0 Å². The van der Waals surface area contributed by atoms with Gasteiger partial charge in [0.05, 0.1) is 107 Å². The molecule has 0 aromatic carbocycles. The number of likely N-dealkylation sites (tertiary alicyclic amines) is 4. The van der Waals surface area contributed by atoms with Gasteiger partial charge in [-0.25, -0.2) is 0 Å². The van der Waals surface area contributed by atoms with Gasteiger partial charge in [0.15, 0.2) is 16.6 Å². The second-order valence-corrected chi connectivity index (χ2v) is 28.7. The van der Waals surface area contributed by atoms with Gasteiger partial charge >= 0.3 is 10.0 Å². The molecule has 262 valence electrons. The summed E-state index contributed by atoms with van der Waals surface area (Å²) in [7, 11) is 16.3. The van der Waals surface area contributed by atoms with Crippen molar-refractivity contribution in [1.82, 2.24) is 0 Å². The Labute approximate surface area is 285 Å². The number of hydrogen-bond acceptors (Lipinski definition) is 2. The average Bonchev–Trinajstić information content (AvgIpc) is 3.71. The minimum atomic E-state index is -1.90. The molecule has 4 aliphatic rings. The van der Waals surface area contributed by atoms with E-state index in [2.05, 4.69) is 70.2 Å². The fourth-order valence-electron chi connectivity index (χ4n) is 10.3. The minimum Gasteiger partial charge on any atom is -0.434 e. The zero-order valence-electron chi connectivity index (χ0n) is 32.0. The van der Waals surface area contributed by atoms with Crippen LogP contribution in [-0.2, 0) is 8.23 Å². The smallest absolute Gasteiger partial charge is 0.410 e. The van der Waals surface area contributed by atoms with Gasteiger partial charge in [0, 0.05) is 51.4 Å². The normalized spacial score (nSPS) is 32.9. The summed E-state index contributed by atoms with van der Waals surface area (Å²) in [5, 5.41) is 0. The molecule has 0 bridgehead atoms. The third-order valence-corrected chi connectivity index (χ3v) is 26.1. The van der Waals surface area contributed by atoms with E-state index in [1.54, 1.807) is 0 Å². The first-order valence-electron chi connectivity index (χ1n) is 19.5. The maximum Gasteiger partial charge on any atom is 0.410 e. The average molecular weight is 683 g/mol. The monoisotopic (exact) mass is 683 g/mol. The highest BCUT2D eigenvalue weighted by molar-refractivity contribution is 6.80. The highest BCUT2D eigenvalue weighted by Crippen LogP contribution is 2.38. The second-order valence-electron chi connectivity index (χ2n) is 18.7. The Morgan fingerprint density at radius 3 is 0.889 bits per heavy atom. The molecule has 4 heterocycles. The van der Waals surface area contributed by atoms with Crippen molar-refractivity contribution in [2.75, 3.05) is 82.6 Å². The van der Waals surface area contributed by atoms with Crippen LogP contribution in [0.15, 0.2) is 0 Å². The molecule has 0 N–H and O–H groups in total. The molecule has 9 heteroatoms. The van der Waals surface area contributed by atoms with Gasteiger partial charge in [-0.1, -0.05) is 13.8 Å². The number of nitrogens with zero attached hydrogens (tertiary/aromatic N) is 4. The Morgan fingerprint density at radius 1 is 0.467 bits per heavy atom. The van der Waals surface area contributed by atoms with Crippen molar-refractivity contribution in [3.8, 4) is 0 Å². The number of hydrogen-bond donors (Lipinski definition) is 0. The van der Waals surface area contributed by atoms with Gasteiger partial charge in [-0.3, -0.25) is 0 Å². The van der Waals surface area contributed by atoms with E-state index in [4.69, 9.17) is 8.23 Å². The van der Waals surface area contributed by atoms with Crippen LogP contribution in [0.2, 0.25) is 36.3 Å². The van der Waals surface area contributed by atoms with E-state index < -0.39 is 16.6 Å². The van der Waals surface area contributed by atoms with Crippen LogP contribution in [0.1, 0.15) is 90.9 Å². The summed E-state index contributed by atoms with van der Waals surface area (Å²) in [6, 6.07) is 11.2. The quantitative estimate of drug-likeness (QED) is 0.115. The standard InChI is InChI=1S/C36H78N4O2Si3/c1-11-44(29-21-33-17-13-25-37(33,3)4,30-22-34-18-14-26-38(34,5)6)41-43-42-45(12-2,31-23-35-19-15-27-39(35,7)8)32-24-36-20-16-28-40(36,9)10/h33-36H,11-32H2,1-10H3/q+4. The van der Waals surface area contributed by atoms with E-state index >= 15 is 0 Å². The fraction of sp³-hybridized carbons (Fsp3) is 1.00. The molecule has 4 atom stereocenters. The molecule has 0 spiro atoms. The Hall–Kier alpha value is 0.411. The van der Waals surface area contributed by atoms with Gasteiger partial charge in [-0.05, 0) is 61.9 Å². The fourth-order valence-corrected chi connectivity index (χ4v) is 20.4. The summed E-state index contributed by atoms with van der Waals surface area (Å²) in [6.07, 6.45) is 16.7. The molecule has 4 aliphatic heterocycles. The van der Waals surface area contributed by atoms with Crippen LogP contribution in [-0.4, -0.2) is 151 Å². The van der Waals surface area contributed by atoms with Crippen molar-refractivity contribution in [3.63, 3.8) is 0 Å². The lowest BCUT2D eigenvalue weighted by molar-refractivity contribution is -0.902. The van der Waals surface area contributed by atoms with E-state index in [0.717, 1.165) is 24.2 Å². The van der Waals surface area contributed by atoms with Crippen molar-refractivity contribution in [1.29, 1.82) is 0 Å². The molecule has 0 amide bonds. The van der Waals surface area contributed by atoms with E-state index in [-0.39, 0.29) is 10.0 Å². The molecule has 4 unspecified atom stereocenters. The molecule has 0 aromatic heterocycles. The zero-order chi connectivity index (χ0) is 33.0. The van der Waals surface area contributed by atoms with Gasteiger partial charge in [0.25, 0.3) is 0 Å². The minimum absolute atomic E-state index is 0.277. The van der Waals surface area contributed by atoms with E-state index in [1.165, 1.54) is 157 Å². The highest BCUT2D eigenvalue weighted by atomic mass is 28.4. The lowest BCUT2D eigenvalue weighted by Gasteiger charge is -2.39. The van der Waals surface area contributed by atoms with E-state index in [0.29, 0.717) is 0 Å². The lowest BCUT2D eigenvalue weighted by Crippen LogP contribution is -2.50. The van der Waals surface area contributed by atoms with Crippen molar-refractivity contribution in [2.24, 2.45) is 0 Å². The molecule has 0 saturated carbocycles. The van der Waals surface area contributed by atoms with Crippen LogP contribution in [0.3, 0.4) is 0 Å². The summed E-state index contributed by atoms with van der Waals surface area (Å²) in [4.78, 5) is 0. The predicted octanol–water partition coefficient (Wildman–Crippen LogP) is 7.00. The maximum absolute atomic E-state index is 7.38. The van der Waals surface area contributed by atoms with Gasteiger partial charge in [0.1, 0.15) is 0 Å². The van der Waals surface area contributed by atoms with Crippen LogP contribution in [0.25, 0.3) is 0 Å². The first-order chi connectivity index (χ1) is 21.1. The summed E-state index contributed by atoms with van der Waals surface area (Å²) in [5.41, 5.74) is 0. The van der Waals surface area contributed by atoms with Gasteiger partial charge in [-0.15, -0.1) is 0 Å². The second kappa shape index (κ2) is 15.5. The van der Waals surface area contributed by atoms with Crippen LogP contribution in [0.5, 0.6) is 0 Å². The molecule has 0 aromatic rings. The first-order valence-corrected chi connectivity index (χ1v) is 25.4. The van der Waals surface area contributed by atoms with Crippen molar-refractivity contribution in [3.05, 3.63) is 0 Å². The van der Waals surface area contributed by atoms with Crippen molar-refractivity contribution < 1.29 is 26.2 Å². The number of rotatable bonds is 18. The van der Waals surface area contributed by atoms with Crippen molar-refractivity contribution in [2.45, 2.75) is 151 Å². The molecule has 4 rings (SSSR count). The van der Waals surface area contributed by atoms with Crippen LogP contribution < -0.4 is 0 Å². The van der Waals surface area contributed by atoms with E-state index in [9.17, 15) is 0 Å². The first kappa shape index (κ1) is 38.2. The van der Waals surface area contributed by atoms with Crippen LogP contribution >= 0.6 is 0 Å². The topological polar surface area (TPSA) is 18.5 Å².